The number of aromatic nitrogens is 3. The summed E-state index contributed by atoms with van der Waals surface area (Å²) in [5.41, 5.74) is 2.82. The van der Waals surface area contributed by atoms with E-state index in [0.29, 0.717) is 17.3 Å². The molecule has 8 heteroatoms. The number of hydrogen-bond acceptors (Lipinski definition) is 5. The lowest BCUT2D eigenvalue weighted by atomic mass is 10.2. The van der Waals surface area contributed by atoms with Crippen LogP contribution in [0.4, 0.5) is 10.1 Å². The first-order valence-electron chi connectivity index (χ1n) is 8.61. The van der Waals surface area contributed by atoms with Gasteiger partial charge in [-0.15, -0.1) is 10.2 Å². The van der Waals surface area contributed by atoms with E-state index < -0.39 is 5.82 Å². The van der Waals surface area contributed by atoms with Crippen LogP contribution < -0.4 is 5.32 Å². The molecule has 7 nitrogen and oxygen atoms in total. The number of carbonyl (C=O) groups excluding carboxylic acids is 1. The molecule has 142 valence electrons. The molecule has 0 saturated heterocycles. The molecule has 1 aromatic carbocycles. The van der Waals surface area contributed by atoms with Crippen LogP contribution in [-0.2, 0) is 11.3 Å². The summed E-state index contributed by atoms with van der Waals surface area (Å²) in [7, 11) is 0. The van der Waals surface area contributed by atoms with Crippen molar-refractivity contribution in [3.63, 3.8) is 0 Å². The van der Waals surface area contributed by atoms with Gasteiger partial charge in [0.15, 0.2) is 5.76 Å². The molecule has 0 aliphatic carbocycles. The Balaban J connectivity index is 1.55. The lowest BCUT2D eigenvalue weighted by Gasteiger charge is -2.10. The first-order valence-corrected chi connectivity index (χ1v) is 8.61. The zero-order valence-electron chi connectivity index (χ0n) is 15.3. The van der Waals surface area contributed by atoms with Crippen LogP contribution in [0.1, 0.15) is 11.4 Å². The Hall–Kier alpha value is -3.68. The van der Waals surface area contributed by atoms with E-state index in [1.165, 1.54) is 18.4 Å². The highest BCUT2D eigenvalue weighted by atomic mass is 19.1. The minimum atomic E-state index is -0.405. The molecule has 0 unspecified atom stereocenters. The van der Waals surface area contributed by atoms with Crippen LogP contribution in [0, 0.1) is 19.7 Å². The van der Waals surface area contributed by atoms with E-state index in [1.54, 1.807) is 24.3 Å². The number of anilines is 1. The second-order valence-electron chi connectivity index (χ2n) is 6.32. The van der Waals surface area contributed by atoms with E-state index in [-0.39, 0.29) is 18.3 Å². The van der Waals surface area contributed by atoms with E-state index in [2.05, 4.69) is 15.5 Å². The highest BCUT2D eigenvalue weighted by Crippen LogP contribution is 2.28. The lowest BCUT2D eigenvalue weighted by molar-refractivity contribution is -0.116. The molecule has 0 atom stereocenters. The zero-order valence-corrected chi connectivity index (χ0v) is 15.3. The minimum absolute atomic E-state index is 0.0767. The third-order valence-electron chi connectivity index (χ3n) is 4.37. The summed E-state index contributed by atoms with van der Waals surface area (Å²) in [5.74, 6) is 0.449. The molecule has 3 heterocycles. The molecular formula is C20H17FN4O3. The fourth-order valence-electron chi connectivity index (χ4n) is 3.00. The SMILES string of the molecule is Cc1cc(-c2nnc(-c3ccco3)o2)c(C)n1CC(=O)Nc1cccc(F)c1. The molecule has 4 aromatic rings. The first-order chi connectivity index (χ1) is 13.5. The maximum Gasteiger partial charge on any atom is 0.283 e. The monoisotopic (exact) mass is 380 g/mol. The van der Waals surface area contributed by atoms with Gasteiger partial charge in [0.1, 0.15) is 12.4 Å². The zero-order chi connectivity index (χ0) is 19.7. The van der Waals surface area contributed by atoms with Crippen LogP contribution in [0.3, 0.4) is 0 Å². The molecule has 0 fully saturated rings. The molecule has 0 aliphatic heterocycles. The van der Waals surface area contributed by atoms with Crippen molar-refractivity contribution in [2.45, 2.75) is 20.4 Å². The van der Waals surface area contributed by atoms with E-state index in [4.69, 9.17) is 8.83 Å². The molecule has 0 bridgehead atoms. The fourth-order valence-corrected chi connectivity index (χ4v) is 3.00. The Morgan fingerprint density at radius 1 is 1.14 bits per heavy atom. The van der Waals surface area contributed by atoms with Gasteiger partial charge in [-0.05, 0) is 50.2 Å². The number of benzene rings is 1. The van der Waals surface area contributed by atoms with Crippen molar-refractivity contribution in [3.05, 3.63) is 65.9 Å². The molecule has 0 aliphatic rings. The maximum atomic E-state index is 13.3. The molecule has 1 N–H and O–H groups in total. The van der Waals surface area contributed by atoms with E-state index in [0.717, 1.165) is 17.0 Å². The average molecular weight is 380 g/mol. The third-order valence-corrected chi connectivity index (χ3v) is 4.37. The molecule has 1 amide bonds. The van der Waals surface area contributed by atoms with Crippen LogP contribution in [-0.4, -0.2) is 20.7 Å². The summed E-state index contributed by atoms with van der Waals surface area (Å²) in [6, 6.07) is 11.1. The number of amides is 1. The summed E-state index contributed by atoms with van der Waals surface area (Å²) in [6.07, 6.45) is 1.53. The predicted octanol–water partition coefficient (Wildman–Crippen LogP) is 4.19. The molecule has 4 rings (SSSR count). The van der Waals surface area contributed by atoms with Crippen LogP contribution in [0.15, 0.2) is 57.6 Å². The predicted molar refractivity (Wildman–Crippen MR) is 99.9 cm³/mol. The van der Waals surface area contributed by atoms with Gasteiger partial charge in [0.05, 0.1) is 11.8 Å². The van der Waals surface area contributed by atoms with Gasteiger partial charge in [0.2, 0.25) is 11.8 Å². The standard InChI is InChI=1S/C20H17FN4O3/c1-12-9-16(19-23-24-20(28-19)17-7-4-8-27-17)13(2)25(12)11-18(26)22-15-6-3-5-14(21)10-15/h3-10H,11H2,1-2H3,(H,22,26). The molecule has 28 heavy (non-hydrogen) atoms. The van der Waals surface area contributed by atoms with Gasteiger partial charge >= 0.3 is 0 Å². The van der Waals surface area contributed by atoms with Crippen LogP contribution >= 0.6 is 0 Å². The number of carbonyl (C=O) groups is 1. The number of aryl methyl sites for hydroxylation is 1. The van der Waals surface area contributed by atoms with Gasteiger partial charge in [-0.3, -0.25) is 4.79 Å². The largest absolute Gasteiger partial charge is 0.459 e. The highest BCUT2D eigenvalue weighted by Gasteiger charge is 2.19. The topological polar surface area (TPSA) is 86.1 Å². The third kappa shape index (κ3) is 3.44. The minimum Gasteiger partial charge on any atom is -0.459 e. The van der Waals surface area contributed by atoms with E-state index in [9.17, 15) is 9.18 Å². The summed E-state index contributed by atoms with van der Waals surface area (Å²) in [6.45, 7) is 3.83. The summed E-state index contributed by atoms with van der Waals surface area (Å²) in [5, 5.41) is 10.8. The lowest BCUT2D eigenvalue weighted by Crippen LogP contribution is -2.20. The van der Waals surface area contributed by atoms with Crippen molar-refractivity contribution >= 4 is 11.6 Å². The number of rotatable bonds is 5. The van der Waals surface area contributed by atoms with Crippen LogP contribution in [0.25, 0.3) is 23.1 Å². The van der Waals surface area contributed by atoms with Gasteiger partial charge in [-0.1, -0.05) is 6.07 Å². The number of halogens is 1. The summed E-state index contributed by atoms with van der Waals surface area (Å²) in [4.78, 5) is 12.4. The Bertz CT molecular complexity index is 1130. The van der Waals surface area contributed by atoms with Crippen molar-refractivity contribution < 1.29 is 18.0 Å². The van der Waals surface area contributed by atoms with Crippen molar-refractivity contribution in [2.24, 2.45) is 0 Å². The van der Waals surface area contributed by atoms with Gasteiger partial charge in [0, 0.05) is 17.1 Å². The molecule has 0 spiro atoms. The van der Waals surface area contributed by atoms with Gasteiger partial charge in [-0.2, -0.15) is 0 Å². The number of furan rings is 1. The summed E-state index contributed by atoms with van der Waals surface area (Å²) < 4.78 is 26.1. The quantitative estimate of drug-likeness (QED) is 0.561. The number of hydrogen-bond donors (Lipinski definition) is 1. The van der Waals surface area contributed by atoms with E-state index in [1.807, 2.05) is 24.5 Å². The van der Waals surface area contributed by atoms with Gasteiger partial charge in [0.25, 0.3) is 5.89 Å². The number of nitrogens with zero attached hydrogens (tertiary/aromatic N) is 3. The number of nitrogens with one attached hydrogen (secondary N) is 1. The Labute approximate surface area is 159 Å². The summed E-state index contributed by atoms with van der Waals surface area (Å²) >= 11 is 0. The van der Waals surface area contributed by atoms with E-state index >= 15 is 0 Å². The first kappa shape index (κ1) is 17.7. The average Bonchev–Trinajstić information content (AvgIpc) is 3.38. The van der Waals surface area contributed by atoms with Crippen molar-refractivity contribution in [3.8, 4) is 23.1 Å². The van der Waals surface area contributed by atoms with Gasteiger partial charge in [-0.25, -0.2) is 4.39 Å². The van der Waals surface area contributed by atoms with Crippen molar-refractivity contribution in [1.82, 2.24) is 14.8 Å². The van der Waals surface area contributed by atoms with Crippen molar-refractivity contribution in [1.29, 1.82) is 0 Å². The second-order valence-corrected chi connectivity index (χ2v) is 6.32. The fraction of sp³-hybridized carbons (Fsp3) is 0.150. The molecular weight excluding hydrogens is 363 g/mol. The Morgan fingerprint density at radius 3 is 2.71 bits per heavy atom. The normalized spacial score (nSPS) is 11.0. The van der Waals surface area contributed by atoms with Gasteiger partial charge < -0.3 is 18.7 Å². The Morgan fingerprint density at radius 2 is 1.96 bits per heavy atom. The van der Waals surface area contributed by atoms with Crippen molar-refractivity contribution in [2.75, 3.05) is 5.32 Å². The Kier molecular flexibility index (Phi) is 4.52. The molecule has 3 aromatic heterocycles. The second kappa shape index (κ2) is 7.15. The van der Waals surface area contributed by atoms with Crippen LogP contribution in [0.2, 0.25) is 0 Å². The molecule has 0 radical (unpaired) electrons. The maximum absolute atomic E-state index is 13.3. The molecule has 0 saturated carbocycles. The highest BCUT2D eigenvalue weighted by molar-refractivity contribution is 5.90. The smallest absolute Gasteiger partial charge is 0.283 e. The van der Waals surface area contributed by atoms with Crippen LogP contribution in [0.5, 0.6) is 0 Å².